The number of hydrogen-bond donors (Lipinski definition) is 2. The highest BCUT2D eigenvalue weighted by atomic mass is 32.2. The number of nitrogens with zero attached hydrogens (tertiary/aromatic N) is 2. The highest BCUT2D eigenvalue weighted by Crippen LogP contribution is 2.18. The van der Waals surface area contributed by atoms with Crippen LogP contribution < -0.4 is 4.72 Å². The average molecular weight is 297 g/mol. The van der Waals surface area contributed by atoms with E-state index < -0.39 is 26.7 Å². The monoisotopic (exact) mass is 297 g/mol. The highest BCUT2D eigenvalue weighted by molar-refractivity contribution is 7.92. The van der Waals surface area contributed by atoms with E-state index in [4.69, 9.17) is 5.11 Å². The second-order valence-electron chi connectivity index (χ2n) is 3.63. The quantitative estimate of drug-likeness (QED) is 0.875. The van der Waals surface area contributed by atoms with Crippen LogP contribution in [0.4, 0.5) is 10.3 Å². The van der Waals surface area contributed by atoms with Gasteiger partial charge in [-0.2, -0.15) is 0 Å². The molecule has 0 saturated heterocycles. The first-order valence-corrected chi connectivity index (χ1v) is 6.71. The molecule has 0 spiro atoms. The fraction of sp³-hybridized carbons (Fsp3) is 0. The number of anilines is 1. The van der Waals surface area contributed by atoms with E-state index in [9.17, 15) is 17.6 Å². The summed E-state index contributed by atoms with van der Waals surface area (Å²) in [6.07, 6.45) is 2.60. The molecule has 20 heavy (non-hydrogen) atoms. The summed E-state index contributed by atoms with van der Waals surface area (Å²) >= 11 is 0. The molecule has 0 bridgehead atoms. The Morgan fingerprint density at radius 2 is 1.90 bits per heavy atom. The number of hydrogen-bond acceptors (Lipinski definition) is 5. The lowest BCUT2D eigenvalue weighted by atomic mass is 10.2. The van der Waals surface area contributed by atoms with Crippen molar-refractivity contribution in [2.45, 2.75) is 4.90 Å². The Balaban J connectivity index is 2.44. The lowest BCUT2D eigenvalue weighted by Crippen LogP contribution is -2.17. The molecule has 0 aliphatic carbocycles. The summed E-state index contributed by atoms with van der Waals surface area (Å²) in [7, 11) is -4.31. The van der Waals surface area contributed by atoms with Crippen molar-refractivity contribution in [2.75, 3.05) is 4.72 Å². The molecular weight excluding hydrogens is 289 g/mol. The molecule has 0 aliphatic rings. The van der Waals surface area contributed by atoms with Crippen LogP contribution in [0.1, 0.15) is 10.4 Å². The maximum atomic E-state index is 13.6. The van der Waals surface area contributed by atoms with E-state index in [1.807, 2.05) is 4.72 Å². The fourth-order valence-electron chi connectivity index (χ4n) is 1.37. The molecule has 7 nitrogen and oxygen atoms in total. The zero-order chi connectivity index (χ0) is 14.8. The number of nitrogens with one attached hydrogen (secondary N) is 1. The predicted molar refractivity (Wildman–Crippen MR) is 66.2 cm³/mol. The van der Waals surface area contributed by atoms with E-state index in [1.165, 1.54) is 18.5 Å². The van der Waals surface area contributed by atoms with E-state index in [2.05, 4.69) is 9.97 Å². The van der Waals surface area contributed by atoms with Crippen molar-refractivity contribution >= 4 is 21.9 Å². The van der Waals surface area contributed by atoms with Gasteiger partial charge in [-0.25, -0.2) is 32.3 Å². The van der Waals surface area contributed by atoms with Crippen LogP contribution >= 0.6 is 0 Å². The molecule has 1 aromatic heterocycles. The van der Waals surface area contributed by atoms with Crippen molar-refractivity contribution in [2.24, 2.45) is 0 Å². The van der Waals surface area contributed by atoms with Crippen LogP contribution in [-0.2, 0) is 10.0 Å². The van der Waals surface area contributed by atoms with E-state index in [-0.39, 0.29) is 11.5 Å². The number of aromatic nitrogens is 2. The maximum Gasteiger partial charge on any atom is 0.335 e. The molecule has 104 valence electrons. The minimum atomic E-state index is -4.31. The van der Waals surface area contributed by atoms with Crippen molar-refractivity contribution in [1.82, 2.24) is 9.97 Å². The van der Waals surface area contributed by atoms with Crippen LogP contribution in [0, 0.1) is 5.82 Å². The largest absolute Gasteiger partial charge is 0.478 e. The summed E-state index contributed by atoms with van der Waals surface area (Å²) in [5.41, 5.74) is -0.347. The first-order valence-electron chi connectivity index (χ1n) is 5.23. The molecule has 0 radical (unpaired) electrons. The Morgan fingerprint density at radius 1 is 1.25 bits per heavy atom. The highest BCUT2D eigenvalue weighted by Gasteiger charge is 2.22. The first-order chi connectivity index (χ1) is 9.40. The van der Waals surface area contributed by atoms with Crippen molar-refractivity contribution in [1.29, 1.82) is 0 Å². The van der Waals surface area contributed by atoms with Crippen molar-refractivity contribution < 1.29 is 22.7 Å². The minimum Gasteiger partial charge on any atom is -0.478 e. The van der Waals surface area contributed by atoms with E-state index in [1.54, 1.807) is 0 Å². The Bertz CT molecular complexity index is 750. The fourth-order valence-corrected chi connectivity index (χ4v) is 2.43. The molecular formula is C11H8FN3O4S. The van der Waals surface area contributed by atoms with Crippen molar-refractivity contribution in [3.63, 3.8) is 0 Å². The van der Waals surface area contributed by atoms with Crippen LogP contribution in [-0.4, -0.2) is 29.5 Å². The van der Waals surface area contributed by atoms with Gasteiger partial charge < -0.3 is 5.11 Å². The lowest BCUT2D eigenvalue weighted by molar-refractivity contribution is 0.0696. The number of aromatic carboxylic acids is 1. The third-order valence-corrected chi connectivity index (χ3v) is 3.60. The summed E-state index contributed by atoms with van der Waals surface area (Å²) in [6, 6.07) is 3.94. The molecule has 0 atom stereocenters. The predicted octanol–water partition coefficient (Wildman–Crippen LogP) is 1.11. The van der Waals surface area contributed by atoms with E-state index in [0.717, 1.165) is 18.2 Å². The maximum absolute atomic E-state index is 13.6. The van der Waals surface area contributed by atoms with Crippen LogP contribution in [0.15, 0.2) is 41.6 Å². The topological polar surface area (TPSA) is 109 Å². The second kappa shape index (κ2) is 5.21. The van der Waals surface area contributed by atoms with Crippen molar-refractivity contribution in [3.05, 3.63) is 48.0 Å². The normalized spacial score (nSPS) is 11.1. The molecule has 2 N–H and O–H groups in total. The standard InChI is InChI=1S/C11H8FN3O4S/c12-8-3-2-7(10(16)17)6-9(8)20(18,19)15-11-13-4-1-5-14-11/h1-6H,(H,16,17)(H,13,14,15). The summed E-state index contributed by atoms with van der Waals surface area (Å²) in [5.74, 6) is -2.68. The number of halogens is 1. The van der Waals surface area contributed by atoms with Crippen LogP contribution in [0.25, 0.3) is 0 Å². The number of carbonyl (C=O) groups is 1. The number of carboxylic acids is 1. The third kappa shape index (κ3) is 2.88. The van der Waals surface area contributed by atoms with E-state index >= 15 is 0 Å². The molecule has 1 heterocycles. The molecule has 0 saturated carbocycles. The summed E-state index contributed by atoms with van der Waals surface area (Å²) in [5, 5.41) is 8.79. The third-order valence-electron chi connectivity index (χ3n) is 2.26. The number of sulfonamides is 1. The smallest absolute Gasteiger partial charge is 0.335 e. The molecule has 1 aromatic carbocycles. The van der Waals surface area contributed by atoms with Gasteiger partial charge in [0.1, 0.15) is 10.7 Å². The van der Waals surface area contributed by atoms with Gasteiger partial charge in [-0.15, -0.1) is 0 Å². The lowest BCUT2D eigenvalue weighted by Gasteiger charge is -2.07. The van der Waals surface area contributed by atoms with Crippen LogP contribution in [0.2, 0.25) is 0 Å². The molecule has 0 fully saturated rings. The summed E-state index contributed by atoms with van der Waals surface area (Å²) in [6.45, 7) is 0. The molecule has 2 rings (SSSR count). The molecule has 0 aliphatic heterocycles. The number of rotatable bonds is 4. The van der Waals surface area contributed by atoms with E-state index in [0.29, 0.717) is 0 Å². The number of carboxylic acid groups (broad SMARTS) is 1. The SMILES string of the molecule is O=C(O)c1ccc(F)c(S(=O)(=O)Nc2ncccn2)c1. The Labute approximate surface area is 113 Å². The zero-order valence-corrected chi connectivity index (χ0v) is 10.6. The van der Waals surface area contributed by atoms with Crippen LogP contribution in [0.5, 0.6) is 0 Å². The Kier molecular flexibility index (Phi) is 3.61. The van der Waals surface area contributed by atoms with Gasteiger partial charge in [-0.1, -0.05) is 0 Å². The Morgan fingerprint density at radius 3 is 2.50 bits per heavy atom. The minimum absolute atomic E-state index is 0.243. The molecule has 2 aromatic rings. The van der Waals surface area contributed by atoms with Gasteiger partial charge in [-0.05, 0) is 24.3 Å². The second-order valence-corrected chi connectivity index (χ2v) is 5.28. The van der Waals surface area contributed by atoms with Crippen molar-refractivity contribution in [3.8, 4) is 0 Å². The van der Waals surface area contributed by atoms with Gasteiger partial charge in [0.05, 0.1) is 5.56 Å². The summed E-state index contributed by atoms with van der Waals surface area (Å²) in [4.78, 5) is 17.3. The molecule has 0 unspecified atom stereocenters. The van der Waals surface area contributed by atoms with Gasteiger partial charge in [0.2, 0.25) is 5.95 Å². The Hall–Kier alpha value is -2.55. The zero-order valence-electron chi connectivity index (χ0n) is 9.82. The number of benzene rings is 1. The average Bonchev–Trinajstić information content (AvgIpc) is 2.39. The molecule has 9 heteroatoms. The van der Waals surface area contributed by atoms with Gasteiger partial charge in [0, 0.05) is 12.4 Å². The first kappa shape index (κ1) is 13.9. The van der Waals surface area contributed by atoms with Gasteiger partial charge in [0.25, 0.3) is 10.0 Å². The van der Waals surface area contributed by atoms with Crippen LogP contribution in [0.3, 0.4) is 0 Å². The van der Waals surface area contributed by atoms with Gasteiger partial charge in [-0.3, -0.25) is 0 Å². The van der Waals surface area contributed by atoms with Gasteiger partial charge in [0.15, 0.2) is 0 Å². The molecule has 0 amide bonds. The summed E-state index contributed by atoms with van der Waals surface area (Å²) < 4.78 is 39.5. The van der Waals surface area contributed by atoms with Gasteiger partial charge >= 0.3 is 5.97 Å².